The number of amides is 1. The Kier molecular flexibility index (Phi) is 7.34. The Morgan fingerprint density at radius 3 is 2.76 bits per heavy atom. The molecule has 0 unspecified atom stereocenters. The first-order valence-electron chi connectivity index (χ1n) is 14.9. The molecule has 0 aliphatic carbocycles. The van der Waals surface area contributed by atoms with E-state index in [1.165, 1.54) is 12.4 Å². The number of hydrogen-bond donors (Lipinski definition) is 1. The molecule has 2 aliphatic heterocycles. The van der Waals surface area contributed by atoms with Crippen molar-refractivity contribution in [1.29, 1.82) is 0 Å². The molecule has 1 N–H and O–H groups in total. The molecule has 0 atom stereocenters. The van der Waals surface area contributed by atoms with Gasteiger partial charge in [0.25, 0.3) is 0 Å². The quantitative estimate of drug-likeness (QED) is 0.255. The van der Waals surface area contributed by atoms with Crippen molar-refractivity contribution in [2.45, 2.75) is 19.4 Å². The highest BCUT2D eigenvalue weighted by Gasteiger charge is 2.31. The highest BCUT2D eigenvalue weighted by molar-refractivity contribution is 6.03. The molecule has 228 valence electrons. The predicted octanol–water partition coefficient (Wildman–Crippen LogP) is 4.46. The van der Waals surface area contributed by atoms with Crippen molar-refractivity contribution in [1.82, 2.24) is 39.3 Å². The molecule has 12 heteroatoms. The minimum Gasteiger partial charge on any atom is -0.439 e. The smallest absolute Gasteiger partial charge is 0.246 e. The van der Waals surface area contributed by atoms with Gasteiger partial charge in [-0.05, 0) is 80.5 Å². The summed E-state index contributed by atoms with van der Waals surface area (Å²) in [7, 11) is 4.23. The Hall–Kier alpha value is -5.36. The molecule has 3 aromatic heterocycles. The molecule has 5 heterocycles. The van der Waals surface area contributed by atoms with E-state index in [4.69, 9.17) is 14.7 Å². The summed E-state index contributed by atoms with van der Waals surface area (Å²) in [5.74, 6) is 1.81. The molecule has 1 fully saturated rings. The van der Waals surface area contributed by atoms with Gasteiger partial charge in [-0.1, -0.05) is 12.7 Å². The second-order valence-corrected chi connectivity index (χ2v) is 11.6. The van der Waals surface area contributed by atoms with Crippen LogP contribution in [0.1, 0.15) is 17.5 Å². The van der Waals surface area contributed by atoms with Crippen molar-refractivity contribution >= 4 is 45.2 Å². The van der Waals surface area contributed by atoms with Gasteiger partial charge in [0, 0.05) is 44.0 Å². The van der Waals surface area contributed by atoms with Gasteiger partial charge in [-0.15, -0.1) is 0 Å². The Bertz CT molecular complexity index is 1960. The Morgan fingerprint density at radius 2 is 1.96 bits per heavy atom. The van der Waals surface area contributed by atoms with E-state index in [9.17, 15) is 4.79 Å². The number of nitrogens with one attached hydrogen (secondary N) is 1. The fourth-order valence-electron chi connectivity index (χ4n) is 5.81. The van der Waals surface area contributed by atoms with E-state index < -0.39 is 0 Å². The lowest BCUT2D eigenvalue weighted by molar-refractivity contribution is -0.125. The Balaban J connectivity index is 1.21. The lowest BCUT2D eigenvalue weighted by Gasteiger charge is -2.45. The molecule has 0 bridgehead atoms. The predicted molar refractivity (Wildman–Crippen MR) is 174 cm³/mol. The Morgan fingerprint density at radius 1 is 1.09 bits per heavy atom. The number of anilines is 3. The summed E-state index contributed by atoms with van der Waals surface area (Å²) in [4.78, 5) is 36.8. The van der Waals surface area contributed by atoms with Crippen LogP contribution >= 0.6 is 0 Å². The standard InChI is InChI=1S/C33H34N10O2/c1-5-31(44)41-10-6-7-22(15-41)23-12-26-32(27(13-23)42-16-25(17-42)40(3)4)33(36-18-34-26)39-24-8-9-28(21(2)11-24)45-30-14-29-35-19-38-43(29)20-37-30/h5,7-9,11-14,18-20,25H,1,6,10,15-17H2,2-4H3,(H,34,36,39). The van der Waals surface area contributed by atoms with E-state index in [1.54, 1.807) is 23.2 Å². The number of aryl methyl sites for hydroxylation is 1. The average molecular weight is 603 g/mol. The van der Waals surface area contributed by atoms with Crippen LogP contribution < -0.4 is 15.0 Å². The van der Waals surface area contributed by atoms with Gasteiger partial charge in [-0.2, -0.15) is 5.10 Å². The number of carbonyl (C=O) groups excluding carboxylic acids is 1. The van der Waals surface area contributed by atoms with Crippen LogP contribution in [-0.2, 0) is 4.79 Å². The first-order chi connectivity index (χ1) is 21.9. The third kappa shape index (κ3) is 5.55. The maximum Gasteiger partial charge on any atom is 0.246 e. The van der Waals surface area contributed by atoms with Crippen LogP contribution in [0.5, 0.6) is 11.6 Å². The number of rotatable bonds is 8. The molecule has 5 aromatic rings. The van der Waals surface area contributed by atoms with Gasteiger partial charge in [0.1, 0.15) is 30.5 Å². The van der Waals surface area contributed by atoms with Gasteiger partial charge in [-0.25, -0.2) is 24.5 Å². The van der Waals surface area contributed by atoms with Crippen LogP contribution in [-0.4, -0.2) is 91.6 Å². The molecule has 1 amide bonds. The van der Waals surface area contributed by atoms with Crippen LogP contribution in [0, 0.1) is 6.92 Å². The normalized spacial score (nSPS) is 15.3. The molecule has 0 radical (unpaired) electrons. The Labute approximate surface area is 260 Å². The van der Waals surface area contributed by atoms with Crippen LogP contribution in [0.3, 0.4) is 0 Å². The van der Waals surface area contributed by atoms with Gasteiger partial charge in [0.05, 0.1) is 16.6 Å². The zero-order valence-electron chi connectivity index (χ0n) is 25.5. The van der Waals surface area contributed by atoms with E-state index in [0.717, 1.165) is 64.3 Å². The number of ether oxygens (including phenoxy) is 1. The summed E-state index contributed by atoms with van der Waals surface area (Å²) in [6.07, 6.45) is 9.06. The van der Waals surface area contributed by atoms with Crippen molar-refractivity contribution < 1.29 is 9.53 Å². The summed E-state index contributed by atoms with van der Waals surface area (Å²) in [6, 6.07) is 12.4. The van der Waals surface area contributed by atoms with Crippen molar-refractivity contribution in [2.24, 2.45) is 0 Å². The molecule has 1 saturated heterocycles. The second kappa shape index (κ2) is 11.6. The summed E-state index contributed by atoms with van der Waals surface area (Å²) >= 11 is 0. The second-order valence-electron chi connectivity index (χ2n) is 11.6. The third-order valence-corrected chi connectivity index (χ3v) is 8.46. The zero-order valence-corrected chi connectivity index (χ0v) is 25.5. The van der Waals surface area contributed by atoms with Crippen molar-refractivity contribution in [3.63, 3.8) is 0 Å². The van der Waals surface area contributed by atoms with Crippen LogP contribution in [0.4, 0.5) is 17.2 Å². The minimum absolute atomic E-state index is 0.0497. The topological polar surface area (TPSA) is 117 Å². The first-order valence-corrected chi connectivity index (χ1v) is 14.9. The van der Waals surface area contributed by atoms with Gasteiger partial charge in [0.2, 0.25) is 11.8 Å². The average Bonchev–Trinajstić information content (AvgIpc) is 3.49. The fourth-order valence-corrected chi connectivity index (χ4v) is 5.81. The molecule has 2 aliphatic rings. The minimum atomic E-state index is -0.0497. The molecular formula is C33H34N10O2. The molecule has 2 aromatic carbocycles. The monoisotopic (exact) mass is 602 g/mol. The van der Waals surface area contributed by atoms with E-state index in [0.29, 0.717) is 36.4 Å². The van der Waals surface area contributed by atoms with Crippen molar-refractivity contribution in [3.05, 3.63) is 85.2 Å². The van der Waals surface area contributed by atoms with Gasteiger partial charge < -0.3 is 24.8 Å². The maximum atomic E-state index is 12.4. The van der Waals surface area contributed by atoms with Crippen LogP contribution in [0.2, 0.25) is 0 Å². The van der Waals surface area contributed by atoms with Gasteiger partial charge >= 0.3 is 0 Å². The zero-order chi connectivity index (χ0) is 31.1. The van der Waals surface area contributed by atoms with Crippen molar-refractivity contribution in [2.75, 3.05) is 50.5 Å². The number of carbonyl (C=O) groups is 1. The lowest BCUT2D eigenvalue weighted by Crippen LogP contribution is -2.57. The van der Waals surface area contributed by atoms with Crippen LogP contribution in [0.25, 0.3) is 22.1 Å². The van der Waals surface area contributed by atoms with E-state index >= 15 is 0 Å². The summed E-state index contributed by atoms with van der Waals surface area (Å²) in [5.41, 5.74) is 6.56. The number of likely N-dealkylation sites (N-methyl/N-ethyl adjacent to an activating group) is 1. The maximum absolute atomic E-state index is 12.4. The number of benzene rings is 2. The van der Waals surface area contributed by atoms with E-state index in [2.05, 4.69) is 69.1 Å². The summed E-state index contributed by atoms with van der Waals surface area (Å²) < 4.78 is 7.66. The van der Waals surface area contributed by atoms with E-state index in [-0.39, 0.29) is 5.91 Å². The number of aromatic nitrogens is 6. The number of fused-ring (bicyclic) bond motifs is 2. The molecule has 12 nitrogen and oxygen atoms in total. The number of hydrogen-bond acceptors (Lipinski definition) is 10. The van der Waals surface area contributed by atoms with Crippen molar-refractivity contribution in [3.8, 4) is 11.6 Å². The SMILES string of the molecule is C=CC(=O)N1CCC=C(c2cc(N3CC(N(C)C)C3)c3c(Nc4ccc(Oc5cc6ncnn6cn5)c(C)c4)ncnc3c2)C1. The highest BCUT2D eigenvalue weighted by atomic mass is 16.5. The van der Waals surface area contributed by atoms with E-state index in [1.807, 2.05) is 30.0 Å². The fraction of sp³-hybridized carbons (Fsp3) is 0.273. The molecule has 0 saturated carbocycles. The molecule has 0 spiro atoms. The lowest BCUT2D eigenvalue weighted by atomic mass is 9.96. The largest absolute Gasteiger partial charge is 0.439 e. The molecule has 45 heavy (non-hydrogen) atoms. The molecular weight excluding hydrogens is 568 g/mol. The van der Waals surface area contributed by atoms with Crippen LogP contribution in [0.15, 0.2) is 74.1 Å². The van der Waals surface area contributed by atoms with Gasteiger partial charge in [-0.3, -0.25) is 4.79 Å². The third-order valence-electron chi connectivity index (χ3n) is 8.46. The number of nitrogens with zero attached hydrogens (tertiary/aromatic N) is 9. The molecule has 7 rings (SSSR count). The van der Waals surface area contributed by atoms with Gasteiger partial charge in [0.15, 0.2) is 5.65 Å². The summed E-state index contributed by atoms with van der Waals surface area (Å²) in [6.45, 7) is 8.71. The first kappa shape index (κ1) is 28.4. The highest BCUT2D eigenvalue weighted by Crippen LogP contribution is 2.39. The summed E-state index contributed by atoms with van der Waals surface area (Å²) in [5, 5.41) is 8.58.